The number of nitrogens with two attached hydrogens (primary N) is 1. The number of aromatic nitrogens is 1. The summed E-state index contributed by atoms with van der Waals surface area (Å²) in [5.41, 5.74) is 6.94. The number of carbonyl (C=O) groups excluding carboxylic acids is 1. The number of nitrogens with zero attached hydrogens (tertiary/aromatic N) is 3. The highest BCUT2D eigenvalue weighted by atomic mass is 32.1. The first-order valence-electron chi connectivity index (χ1n) is 6.64. The van der Waals surface area contributed by atoms with Crippen LogP contribution in [-0.2, 0) is 0 Å². The Morgan fingerprint density at radius 1 is 1.19 bits per heavy atom. The lowest BCUT2D eigenvalue weighted by Gasteiger charge is -2.35. The van der Waals surface area contributed by atoms with Gasteiger partial charge in [-0.15, -0.1) is 11.3 Å². The molecule has 1 amide bonds. The van der Waals surface area contributed by atoms with E-state index in [9.17, 15) is 9.18 Å². The standard InChI is InChI=1S/C14H15FN4OS/c15-10-1-3-11(4-2-10)18-5-7-19(8-6-18)13(20)12-9-21-14(16)17-12/h1-4,9H,5-8H2,(H2,16,17). The van der Waals surface area contributed by atoms with Crippen molar-refractivity contribution >= 4 is 28.1 Å². The Balaban J connectivity index is 1.62. The first-order valence-corrected chi connectivity index (χ1v) is 7.52. The number of carbonyl (C=O) groups is 1. The molecule has 0 bridgehead atoms. The highest BCUT2D eigenvalue weighted by Gasteiger charge is 2.23. The molecule has 1 aromatic carbocycles. The van der Waals surface area contributed by atoms with E-state index in [0.717, 1.165) is 18.8 Å². The molecule has 1 fully saturated rings. The molecule has 2 aromatic rings. The average Bonchev–Trinajstić information content (AvgIpc) is 2.94. The summed E-state index contributed by atoms with van der Waals surface area (Å²) < 4.78 is 12.9. The maximum atomic E-state index is 12.9. The molecule has 3 rings (SSSR count). The Morgan fingerprint density at radius 3 is 2.43 bits per heavy atom. The normalized spacial score (nSPS) is 15.3. The van der Waals surface area contributed by atoms with Crippen molar-refractivity contribution in [3.05, 3.63) is 41.2 Å². The van der Waals surface area contributed by atoms with Gasteiger partial charge in [0, 0.05) is 37.2 Å². The van der Waals surface area contributed by atoms with Gasteiger partial charge < -0.3 is 15.5 Å². The van der Waals surface area contributed by atoms with Crippen LogP contribution in [0.2, 0.25) is 0 Å². The van der Waals surface area contributed by atoms with E-state index in [1.807, 2.05) is 0 Å². The second kappa shape index (κ2) is 5.69. The molecule has 0 aliphatic carbocycles. The van der Waals surface area contributed by atoms with Gasteiger partial charge in [0.2, 0.25) is 0 Å². The number of rotatable bonds is 2. The molecule has 1 aliphatic rings. The Morgan fingerprint density at radius 2 is 1.86 bits per heavy atom. The van der Waals surface area contributed by atoms with E-state index in [1.165, 1.54) is 23.5 Å². The van der Waals surface area contributed by atoms with Crippen molar-refractivity contribution < 1.29 is 9.18 Å². The van der Waals surface area contributed by atoms with E-state index in [1.54, 1.807) is 22.4 Å². The summed E-state index contributed by atoms with van der Waals surface area (Å²) in [7, 11) is 0. The first kappa shape index (κ1) is 13.8. The lowest BCUT2D eigenvalue weighted by Crippen LogP contribution is -2.48. The lowest BCUT2D eigenvalue weighted by molar-refractivity contribution is 0.0742. The number of nitrogen functional groups attached to an aromatic ring is 1. The van der Waals surface area contributed by atoms with Gasteiger partial charge in [-0.1, -0.05) is 0 Å². The second-order valence-corrected chi connectivity index (χ2v) is 5.72. The minimum absolute atomic E-state index is 0.0818. The Labute approximate surface area is 125 Å². The maximum absolute atomic E-state index is 12.9. The molecule has 0 unspecified atom stereocenters. The van der Waals surface area contributed by atoms with Crippen LogP contribution in [0.4, 0.5) is 15.2 Å². The molecule has 0 radical (unpaired) electrons. The summed E-state index contributed by atoms with van der Waals surface area (Å²) in [4.78, 5) is 20.2. The van der Waals surface area contributed by atoms with Crippen molar-refractivity contribution in [1.82, 2.24) is 9.88 Å². The monoisotopic (exact) mass is 306 g/mol. The van der Waals surface area contributed by atoms with E-state index < -0.39 is 0 Å². The first-order chi connectivity index (χ1) is 10.1. The van der Waals surface area contributed by atoms with Gasteiger partial charge in [0.25, 0.3) is 5.91 Å². The van der Waals surface area contributed by atoms with E-state index in [-0.39, 0.29) is 11.7 Å². The number of halogens is 1. The molecular weight excluding hydrogens is 291 g/mol. The van der Waals surface area contributed by atoms with Crippen molar-refractivity contribution in [2.24, 2.45) is 0 Å². The van der Waals surface area contributed by atoms with Gasteiger partial charge in [0.05, 0.1) is 0 Å². The predicted molar refractivity (Wildman–Crippen MR) is 81.0 cm³/mol. The number of hydrogen-bond acceptors (Lipinski definition) is 5. The molecule has 2 heterocycles. The Hall–Kier alpha value is -2.15. The zero-order valence-corrected chi connectivity index (χ0v) is 12.1. The number of thiazole rings is 1. The number of piperazine rings is 1. The van der Waals surface area contributed by atoms with Crippen LogP contribution >= 0.6 is 11.3 Å². The minimum atomic E-state index is -0.242. The van der Waals surface area contributed by atoms with E-state index in [2.05, 4.69) is 9.88 Å². The molecule has 7 heteroatoms. The van der Waals surface area contributed by atoms with Gasteiger partial charge in [-0.05, 0) is 24.3 Å². The molecule has 0 atom stereocenters. The summed E-state index contributed by atoms with van der Waals surface area (Å²) in [5.74, 6) is -0.324. The van der Waals surface area contributed by atoms with Gasteiger partial charge in [-0.25, -0.2) is 9.37 Å². The highest BCUT2D eigenvalue weighted by Crippen LogP contribution is 2.19. The third-order valence-corrected chi connectivity index (χ3v) is 4.17. The number of hydrogen-bond donors (Lipinski definition) is 1. The van der Waals surface area contributed by atoms with Gasteiger partial charge in [0.15, 0.2) is 5.13 Å². The minimum Gasteiger partial charge on any atom is -0.375 e. The summed E-state index contributed by atoms with van der Waals surface area (Å²) in [6.45, 7) is 2.68. The third kappa shape index (κ3) is 2.97. The second-order valence-electron chi connectivity index (χ2n) is 4.83. The van der Waals surface area contributed by atoms with Crippen LogP contribution in [0.25, 0.3) is 0 Å². The Bertz CT molecular complexity index is 635. The fraction of sp³-hybridized carbons (Fsp3) is 0.286. The molecule has 21 heavy (non-hydrogen) atoms. The van der Waals surface area contributed by atoms with Crippen LogP contribution in [0.5, 0.6) is 0 Å². The molecule has 2 N–H and O–H groups in total. The van der Waals surface area contributed by atoms with Crippen LogP contribution in [0, 0.1) is 5.82 Å². The van der Waals surface area contributed by atoms with E-state index in [0.29, 0.717) is 23.9 Å². The van der Waals surface area contributed by atoms with Gasteiger partial charge in [-0.3, -0.25) is 4.79 Å². The predicted octanol–water partition coefficient (Wildman–Crippen LogP) is 1.83. The van der Waals surface area contributed by atoms with Crippen LogP contribution < -0.4 is 10.6 Å². The SMILES string of the molecule is Nc1nc(C(=O)N2CCN(c3ccc(F)cc3)CC2)cs1. The van der Waals surface area contributed by atoms with Crippen LogP contribution in [0.3, 0.4) is 0 Å². The Kier molecular flexibility index (Phi) is 3.74. The highest BCUT2D eigenvalue weighted by molar-refractivity contribution is 7.13. The molecular formula is C14H15FN4OS. The van der Waals surface area contributed by atoms with Crippen molar-refractivity contribution in [2.45, 2.75) is 0 Å². The van der Waals surface area contributed by atoms with Gasteiger partial charge in [-0.2, -0.15) is 0 Å². The quantitative estimate of drug-likeness (QED) is 0.919. The zero-order chi connectivity index (χ0) is 14.8. The van der Waals surface area contributed by atoms with E-state index >= 15 is 0 Å². The molecule has 0 saturated carbocycles. The molecule has 0 spiro atoms. The van der Waals surface area contributed by atoms with Crippen LogP contribution in [0.1, 0.15) is 10.5 Å². The zero-order valence-electron chi connectivity index (χ0n) is 11.3. The fourth-order valence-electron chi connectivity index (χ4n) is 2.37. The number of benzene rings is 1. The lowest BCUT2D eigenvalue weighted by atomic mass is 10.2. The molecule has 1 aliphatic heterocycles. The summed E-state index contributed by atoms with van der Waals surface area (Å²) in [6.07, 6.45) is 0. The van der Waals surface area contributed by atoms with Crippen molar-refractivity contribution in [1.29, 1.82) is 0 Å². The van der Waals surface area contributed by atoms with Crippen LogP contribution in [0.15, 0.2) is 29.6 Å². The van der Waals surface area contributed by atoms with Gasteiger partial charge in [0.1, 0.15) is 11.5 Å². The molecule has 1 saturated heterocycles. The summed E-state index contributed by atoms with van der Waals surface area (Å²) in [5, 5.41) is 2.09. The van der Waals surface area contributed by atoms with E-state index in [4.69, 9.17) is 5.73 Å². The molecule has 1 aromatic heterocycles. The van der Waals surface area contributed by atoms with Crippen molar-refractivity contribution in [3.63, 3.8) is 0 Å². The number of amides is 1. The van der Waals surface area contributed by atoms with Gasteiger partial charge >= 0.3 is 0 Å². The smallest absolute Gasteiger partial charge is 0.273 e. The summed E-state index contributed by atoms with van der Waals surface area (Å²) >= 11 is 1.27. The maximum Gasteiger partial charge on any atom is 0.273 e. The largest absolute Gasteiger partial charge is 0.375 e. The third-order valence-electron chi connectivity index (χ3n) is 3.50. The molecule has 110 valence electrons. The van der Waals surface area contributed by atoms with Crippen LogP contribution in [-0.4, -0.2) is 42.0 Å². The molecule has 5 nitrogen and oxygen atoms in total. The number of anilines is 2. The van der Waals surface area contributed by atoms with Crippen molar-refractivity contribution in [2.75, 3.05) is 36.8 Å². The van der Waals surface area contributed by atoms with Crippen molar-refractivity contribution in [3.8, 4) is 0 Å². The fourth-order valence-corrected chi connectivity index (χ4v) is 2.90. The summed E-state index contributed by atoms with van der Waals surface area (Å²) in [6, 6.07) is 6.41. The topological polar surface area (TPSA) is 62.5 Å². The average molecular weight is 306 g/mol.